The van der Waals surface area contributed by atoms with Gasteiger partial charge in [0.2, 0.25) is 10.0 Å². The molecule has 0 radical (unpaired) electrons. The highest BCUT2D eigenvalue weighted by Crippen LogP contribution is 2.30. The number of anilines is 2. The lowest BCUT2D eigenvalue weighted by molar-refractivity contribution is 0.0730. The van der Waals surface area contributed by atoms with E-state index in [1.807, 2.05) is 32.0 Å². The first-order valence-electron chi connectivity index (χ1n) is 10.7. The van der Waals surface area contributed by atoms with Crippen LogP contribution in [0.4, 0.5) is 11.4 Å². The molecule has 31 heavy (non-hydrogen) atoms. The van der Waals surface area contributed by atoms with Crippen LogP contribution in [-0.2, 0) is 14.8 Å². The maximum absolute atomic E-state index is 13.3. The molecule has 7 nitrogen and oxygen atoms in total. The molecule has 2 aliphatic rings. The third-order valence-electron chi connectivity index (χ3n) is 6.12. The van der Waals surface area contributed by atoms with Crippen LogP contribution in [0.15, 0.2) is 41.3 Å². The number of hydrogen-bond acceptors (Lipinski definition) is 5. The van der Waals surface area contributed by atoms with E-state index in [0.29, 0.717) is 31.9 Å². The zero-order chi connectivity index (χ0) is 22.0. The van der Waals surface area contributed by atoms with Gasteiger partial charge in [-0.2, -0.15) is 4.31 Å². The molecule has 8 heteroatoms. The normalized spacial score (nSPS) is 17.7. The predicted octanol–water partition coefficient (Wildman–Crippen LogP) is 3.18. The molecule has 2 saturated heterocycles. The minimum absolute atomic E-state index is 0.142. The van der Waals surface area contributed by atoms with Gasteiger partial charge >= 0.3 is 0 Å². The van der Waals surface area contributed by atoms with Crippen LogP contribution in [0, 0.1) is 13.8 Å². The van der Waals surface area contributed by atoms with Crippen LogP contribution in [-0.4, -0.2) is 58.0 Å². The van der Waals surface area contributed by atoms with Crippen LogP contribution in [0.2, 0.25) is 0 Å². The molecule has 0 saturated carbocycles. The second kappa shape index (κ2) is 8.98. The predicted molar refractivity (Wildman–Crippen MR) is 121 cm³/mol. The summed E-state index contributed by atoms with van der Waals surface area (Å²) in [5, 5.41) is 3.00. The Morgan fingerprint density at radius 1 is 1.00 bits per heavy atom. The standard InChI is InChI=1S/C23H29N3O4S/c1-17-6-5-7-21(18(17)2)24-23(27)20-16-19(8-9-22(20)25-10-3-4-11-25)31(28,29)26-12-14-30-15-13-26/h5-9,16H,3-4,10-15H2,1-2H3,(H,24,27). The number of ether oxygens (including phenoxy) is 1. The van der Waals surface area contributed by atoms with Crippen molar-refractivity contribution in [3.63, 3.8) is 0 Å². The molecule has 166 valence electrons. The number of morpholine rings is 1. The molecule has 2 aliphatic heterocycles. The number of benzene rings is 2. The zero-order valence-corrected chi connectivity index (χ0v) is 18.9. The van der Waals surface area contributed by atoms with Crippen molar-refractivity contribution in [1.29, 1.82) is 0 Å². The molecule has 1 N–H and O–H groups in total. The van der Waals surface area contributed by atoms with Crippen LogP contribution in [0.5, 0.6) is 0 Å². The Balaban J connectivity index is 1.71. The third-order valence-corrected chi connectivity index (χ3v) is 8.01. The largest absolute Gasteiger partial charge is 0.379 e. The van der Waals surface area contributed by atoms with Crippen LogP contribution in [0.3, 0.4) is 0 Å². The quantitative estimate of drug-likeness (QED) is 0.768. The van der Waals surface area contributed by atoms with Gasteiger partial charge in [0.25, 0.3) is 5.91 Å². The summed E-state index contributed by atoms with van der Waals surface area (Å²) in [7, 11) is -3.69. The summed E-state index contributed by atoms with van der Waals surface area (Å²) in [5.41, 5.74) is 3.98. The molecule has 0 spiro atoms. The van der Waals surface area contributed by atoms with Gasteiger partial charge < -0.3 is 15.0 Å². The fraction of sp³-hybridized carbons (Fsp3) is 0.435. The van der Waals surface area contributed by atoms with Crippen LogP contribution >= 0.6 is 0 Å². The first kappa shape index (κ1) is 21.8. The van der Waals surface area contributed by atoms with Crippen molar-refractivity contribution in [2.24, 2.45) is 0 Å². The van der Waals surface area contributed by atoms with Crippen molar-refractivity contribution < 1.29 is 17.9 Å². The molecule has 1 amide bonds. The molecular weight excluding hydrogens is 414 g/mol. The summed E-state index contributed by atoms with van der Waals surface area (Å²) in [6.45, 7) is 7.08. The van der Waals surface area contributed by atoms with E-state index in [9.17, 15) is 13.2 Å². The average molecular weight is 444 g/mol. The zero-order valence-electron chi connectivity index (χ0n) is 18.1. The highest BCUT2D eigenvalue weighted by atomic mass is 32.2. The lowest BCUT2D eigenvalue weighted by Gasteiger charge is -2.27. The van der Waals surface area contributed by atoms with Gasteiger partial charge in [0.05, 0.1) is 23.7 Å². The van der Waals surface area contributed by atoms with Crippen LogP contribution < -0.4 is 10.2 Å². The summed E-state index contributed by atoms with van der Waals surface area (Å²) >= 11 is 0. The maximum atomic E-state index is 13.3. The molecule has 4 rings (SSSR count). The van der Waals surface area contributed by atoms with Crippen molar-refractivity contribution in [3.8, 4) is 0 Å². The van der Waals surface area contributed by atoms with E-state index in [1.54, 1.807) is 12.1 Å². The van der Waals surface area contributed by atoms with E-state index in [0.717, 1.165) is 48.4 Å². The summed E-state index contributed by atoms with van der Waals surface area (Å²) in [6.07, 6.45) is 2.12. The van der Waals surface area contributed by atoms with Crippen molar-refractivity contribution >= 4 is 27.3 Å². The molecule has 2 fully saturated rings. The Kier molecular flexibility index (Phi) is 6.31. The molecule has 0 bridgehead atoms. The van der Waals surface area contributed by atoms with Gasteiger partial charge in [0.15, 0.2) is 0 Å². The molecule has 0 unspecified atom stereocenters. The number of aryl methyl sites for hydroxylation is 1. The highest BCUT2D eigenvalue weighted by Gasteiger charge is 2.29. The van der Waals surface area contributed by atoms with Crippen molar-refractivity contribution in [2.45, 2.75) is 31.6 Å². The SMILES string of the molecule is Cc1cccc(NC(=O)c2cc(S(=O)(=O)N3CCOCC3)ccc2N2CCCC2)c1C. The van der Waals surface area contributed by atoms with Gasteiger partial charge in [-0.15, -0.1) is 0 Å². The van der Waals surface area contributed by atoms with Gasteiger partial charge in [0, 0.05) is 37.6 Å². The maximum Gasteiger partial charge on any atom is 0.257 e. The summed E-state index contributed by atoms with van der Waals surface area (Å²) in [6, 6.07) is 10.7. The average Bonchev–Trinajstić information content (AvgIpc) is 3.32. The van der Waals surface area contributed by atoms with Crippen molar-refractivity contribution in [3.05, 3.63) is 53.1 Å². The molecule has 2 heterocycles. The van der Waals surface area contributed by atoms with Crippen molar-refractivity contribution in [1.82, 2.24) is 4.31 Å². The topological polar surface area (TPSA) is 79.0 Å². The van der Waals surface area contributed by atoms with Crippen LogP contribution in [0.1, 0.15) is 34.3 Å². The Bertz CT molecular complexity index is 1070. The first-order chi connectivity index (χ1) is 14.9. The van der Waals surface area contributed by atoms with E-state index >= 15 is 0 Å². The van der Waals surface area contributed by atoms with Gasteiger partial charge in [-0.05, 0) is 62.1 Å². The van der Waals surface area contributed by atoms with Crippen LogP contribution in [0.25, 0.3) is 0 Å². The van der Waals surface area contributed by atoms with Gasteiger partial charge in [-0.3, -0.25) is 4.79 Å². The van der Waals surface area contributed by atoms with Gasteiger partial charge in [-0.1, -0.05) is 12.1 Å². The first-order valence-corrected chi connectivity index (χ1v) is 12.2. The minimum Gasteiger partial charge on any atom is -0.379 e. The number of nitrogens with one attached hydrogen (secondary N) is 1. The highest BCUT2D eigenvalue weighted by molar-refractivity contribution is 7.89. The Morgan fingerprint density at radius 2 is 1.71 bits per heavy atom. The Hall–Kier alpha value is -2.42. The monoisotopic (exact) mass is 443 g/mol. The minimum atomic E-state index is -3.69. The number of hydrogen-bond donors (Lipinski definition) is 1. The second-order valence-corrected chi connectivity index (χ2v) is 10.0. The molecule has 2 aromatic rings. The smallest absolute Gasteiger partial charge is 0.257 e. The third kappa shape index (κ3) is 4.46. The Morgan fingerprint density at radius 3 is 2.42 bits per heavy atom. The number of nitrogens with zero attached hydrogens (tertiary/aromatic N) is 2. The fourth-order valence-electron chi connectivity index (χ4n) is 4.10. The fourth-order valence-corrected chi connectivity index (χ4v) is 5.54. The number of carbonyl (C=O) groups excluding carboxylic acids is 1. The molecule has 0 aliphatic carbocycles. The summed E-state index contributed by atoms with van der Waals surface area (Å²) in [5.74, 6) is -0.297. The lowest BCUT2D eigenvalue weighted by atomic mass is 10.1. The molecule has 0 atom stereocenters. The van der Waals surface area contributed by atoms with Crippen molar-refractivity contribution in [2.75, 3.05) is 49.6 Å². The number of sulfonamides is 1. The lowest BCUT2D eigenvalue weighted by Crippen LogP contribution is -2.40. The number of amides is 1. The van der Waals surface area contributed by atoms with E-state index < -0.39 is 10.0 Å². The van der Waals surface area contributed by atoms with E-state index in [-0.39, 0.29) is 10.8 Å². The Labute approximate surface area is 184 Å². The molecule has 0 aromatic heterocycles. The van der Waals surface area contributed by atoms with Gasteiger partial charge in [0.1, 0.15) is 0 Å². The molecule has 2 aromatic carbocycles. The number of rotatable bonds is 5. The summed E-state index contributed by atoms with van der Waals surface area (Å²) in [4.78, 5) is 15.6. The number of carbonyl (C=O) groups is 1. The summed E-state index contributed by atoms with van der Waals surface area (Å²) < 4.78 is 33.1. The molecular formula is C23H29N3O4S. The second-order valence-electron chi connectivity index (χ2n) is 8.09. The van der Waals surface area contributed by atoms with Gasteiger partial charge in [-0.25, -0.2) is 8.42 Å². The van der Waals surface area contributed by atoms with E-state index in [1.165, 1.54) is 10.4 Å². The van der Waals surface area contributed by atoms with E-state index in [4.69, 9.17) is 4.74 Å². The van der Waals surface area contributed by atoms with E-state index in [2.05, 4.69) is 10.2 Å².